The molecular weight excluding hydrogens is 226 g/mol. The number of fused-ring (bicyclic) bond motifs is 1. The monoisotopic (exact) mass is 247 g/mol. The molecule has 98 valence electrons. The molecule has 1 heterocycles. The molecule has 0 aliphatic carbocycles. The van der Waals surface area contributed by atoms with E-state index in [1.54, 1.807) is 0 Å². The van der Waals surface area contributed by atoms with Crippen molar-refractivity contribution in [2.45, 2.75) is 39.3 Å². The highest BCUT2D eigenvalue weighted by Gasteiger charge is 2.29. The SMILES string of the molecule is CC(C)C(C(=O)O)N1CCCc2ccccc2C1. The molecule has 0 aromatic heterocycles. The van der Waals surface area contributed by atoms with E-state index in [0.29, 0.717) is 0 Å². The Morgan fingerprint density at radius 1 is 1.28 bits per heavy atom. The second kappa shape index (κ2) is 5.53. The highest BCUT2D eigenvalue weighted by atomic mass is 16.4. The number of benzene rings is 1. The lowest BCUT2D eigenvalue weighted by atomic mass is 10.0. The molecule has 1 aliphatic rings. The largest absolute Gasteiger partial charge is 0.480 e. The molecule has 0 amide bonds. The van der Waals surface area contributed by atoms with Gasteiger partial charge in [-0.2, -0.15) is 0 Å². The van der Waals surface area contributed by atoms with Crippen LogP contribution in [0.15, 0.2) is 24.3 Å². The summed E-state index contributed by atoms with van der Waals surface area (Å²) in [5.74, 6) is -0.572. The van der Waals surface area contributed by atoms with Crippen LogP contribution in [0, 0.1) is 5.92 Å². The highest BCUT2D eigenvalue weighted by molar-refractivity contribution is 5.73. The molecule has 3 nitrogen and oxygen atoms in total. The average Bonchev–Trinajstić information content (AvgIpc) is 2.49. The zero-order valence-electron chi connectivity index (χ0n) is 11.1. The van der Waals surface area contributed by atoms with Crippen LogP contribution in [0.25, 0.3) is 0 Å². The van der Waals surface area contributed by atoms with Gasteiger partial charge in [0.2, 0.25) is 0 Å². The molecule has 1 aliphatic heterocycles. The van der Waals surface area contributed by atoms with Crippen molar-refractivity contribution in [2.24, 2.45) is 5.92 Å². The fraction of sp³-hybridized carbons (Fsp3) is 0.533. The van der Waals surface area contributed by atoms with Gasteiger partial charge in [0, 0.05) is 6.54 Å². The molecule has 1 atom stereocenters. The minimum Gasteiger partial charge on any atom is -0.480 e. The Hall–Kier alpha value is -1.35. The first-order valence-corrected chi connectivity index (χ1v) is 6.63. The molecule has 0 saturated heterocycles. The Morgan fingerprint density at radius 3 is 2.56 bits per heavy atom. The summed E-state index contributed by atoms with van der Waals surface area (Å²) in [6.07, 6.45) is 2.09. The maximum atomic E-state index is 11.4. The van der Waals surface area contributed by atoms with Gasteiger partial charge >= 0.3 is 5.97 Å². The van der Waals surface area contributed by atoms with E-state index in [-0.39, 0.29) is 12.0 Å². The molecule has 3 heteroatoms. The molecule has 0 radical (unpaired) electrons. The summed E-state index contributed by atoms with van der Waals surface area (Å²) in [6, 6.07) is 7.99. The van der Waals surface area contributed by atoms with Crippen molar-refractivity contribution >= 4 is 5.97 Å². The molecule has 1 unspecified atom stereocenters. The van der Waals surface area contributed by atoms with Gasteiger partial charge in [0.25, 0.3) is 0 Å². The minimum atomic E-state index is -0.704. The smallest absolute Gasteiger partial charge is 0.321 e. The van der Waals surface area contributed by atoms with Crippen LogP contribution in [0.2, 0.25) is 0 Å². The fourth-order valence-electron chi connectivity index (χ4n) is 2.83. The Bertz CT molecular complexity index is 428. The third-order valence-corrected chi connectivity index (χ3v) is 3.66. The molecule has 0 saturated carbocycles. The van der Waals surface area contributed by atoms with Crippen LogP contribution in [0.3, 0.4) is 0 Å². The van der Waals surface area contributed by atoms with Gasteiger partial charge in [-0.05, 0) is 36.4 Å². The van der Waals surface area contributed by atoms with Gasteiger partial charge in [0.15, 0.2) is 0 Å². The van der Waals surface area contributed by atoms with Crippen molar-refractivity contribution in [3.63, 3.8) is 0 Å². The quantitative estimate of drug-likeness (QED) is 0.892. The summed E-state index contributed by atoms with van der Waals surface area (Å²) >= 11 is 0. The van der Waals surface area contributed by atoms with E-state index in [2.05, 4.69) is 23.1 Å². The summed E-state index contributed by atoms with van der Waals surface area (Å²) < 4.78 is 0. The van der Waals surface area contributed by atoms with Crippen molar-refractivity contribution in [3.8, 4) is 0 Å². The zero-order valence-corrected chi connectivity index (χ0v) is 11.1. The minimum absolute atomic E-state index is 0.132. The maximum absolute atomic E-state index is 11.4. The van der Waals surface area contributed by atoms with Crippen molar-refractivity contribution in [2.75, 3.05) is 6.54 Å². The van der Waals surface area contributed by atoms with Gasteiger partial charge in [0.05, 0.1) is 0 Å². The number of hydrogen-bond acceptors (Lipinski definition) is 2. The van der Waals surface area contributed by atoms with Crippen LogP contribution >= 0.6 is 0 Å². The lowest BCUT2D eigenvalue weighted by Crippen LogP contribution is -2.44. The zero-order chi connectivity index (χ0) is 13.1. The van der Waals surface area contributed by atoms with Crippen LogP contribution in [0.5, 0.6) is 0 Å². The lowest BCUT2D eigenvalue weighted by molar-refractivity contribution is -0.145. The topological polar surface area (TPSA) is 40.5 Å². The third kappa shape index (κ3) is 2.72. The lowest BCUT2D eigenvalue weighted by Gasteiger charge is -2.30. The molecule has 18 heavy (non-hydrogen) atoms. The molecule has 2 rings (SSSR count). The fourth-order valence-corrected chi connectivity index (χ4v) is 2.83. The van der Waals surface area contributed by atoms with Crippen molar-refractivity contribution < 1.29 is 9.90 Å². The van der Waals surface area contributed by atoms with Crippen LogP contribution in [-0.2, 0) is 17.8 Å². The number of carboxylic acid groups (broad SMARTS) is 1. The van der Waals surface area contributed by atoms with Crippen molar-refractivity contribution in [1.29, 1.82) is 0 Å². The summed E-state index contributed by atoms with van der Waals surface area (Å²) in [5.41, 5.74) is 2.65. The Kier molecular flexibility index (Phi) is 4.02. The molecular formula is C15H21NO2. The van der Waals surface area contributed by atoms with E-state index in [1.165, 1.54) is 11.1 Å². The van der Waals surface area contributed by atoms with Crippen molar-refractivity contribution in [3.05, 3.63) is 35.4 Å². The predicted molar refractivity (Wildman–Crippen MR) is 71.4 cm³/mol. The van der Waals surface area contributed by atoms with Gasteiger partial charge in [0.1, 0.15) is 6.04 Å². The highest BCUT2D eigenvalue weighted by Crippen LogP contribution is 2.22. The molecule has 1 aromatic rings. The molecule has 1 N–H and O–H groups in total. The van der Waals surface area contributed by atoms with Crippen LogP contribution < -0.4 is 0 Å². The van der Waals surface area contributed by atoms with Crippen LogP contribution in [0.4, 0.5) is 0 Å². The number of carboxylic acids is 1. The number of rotatable bonds is 3. The van der Waals surface area contributed by atoms with Crippen LogP contribution in [0.1, 0.15) is 31.4 Å². The number of hydrogen-bond donors (Lipinski definition) is 1. The van der Waals surface area contributed by atoms with E-state index in [1.807, 2.05) is 19.9 Å². The number of nitrogens with zero attached hydrogens (tertiary/aromatic N) is 1. The van der Waals surface area contributed by atoms with E-state index in [4.69, 9.17) is 0 Å². The first kappa shape index (κ1) is 13.1. The summed E-state index contributed by atoms with van der Waals surface area (Å²) in [6.45, 7) is 5.58. The normalized spacial score (nSPS) is 18.2. The first-order chi connectivity index (χ1) is 8.59. The Labute approximate surface area is 108 Å². The van der Waals surface area contributed by atoms with E-state index in [9.17, 15) is 9.90 Å². The molecule has 0 fully saturated rings. The number of aliphatic carboxylic acids is 1. The van der Waals surface area contributed by atoms with E-state index >= 15 is 0 Å². The van der Waals surface area contributed by atoms with Gasteiger partial charge in [-0.3, -0.25) is 9.69 Å². The summed E-state index contributed by atoms with van der Waals surface area (Å²) in [4.78, 5) is 13.5. The standard InChI is InChI=1S/C15H21NO2/c1-11(2)14(15(17)18)16-9-5-8-12-6-3-4-7-13(12)10-16/h3-4,6-7,11,14H,5,8-10H2,1-2H3,(H,17,18). The second-order valence-electron chi connectivity index (χ2n) is 5.37. The predicted octanol–water partition coefficient (Wildman–Crippen LogP) is 2.54. The molecule has 0 bridgehead atoms. The average molecular weight is 247 g/mol. The molecule has 1 aromatic carbocycles. The van der Waals surface area contributed by atoms with Gasteiger partial charge < -0.3 is 5.11 Å². The van der Waals surface area contributed by atoms with Gasteiger partial charge in [-0.25, -0.2) is 0 Å². The van der Waals surface area contributed by atoms with Crippen molar-refractivity contribution in [1.82, 2.24) is 4.90 Å². The second-order valence-corrected chi connectivity index (χ2v) is 5.37. The van der Waals surface area contributed by atoms with Gasteiger partial charge in [-0.1, -0.05) is 38.1 Å². The summed E-state index contributed by atoms with van der Waals surface area (Å²) in [7, 11) is 0. The Balaban J connectivity index is 2.23. The Morgan fingerprint density at radius 2 is 1.94 bits per heavy atom. The maximum Gasteiger partial charge on any atom is 0.321 e. The van der Waals surface area contributed by atoms with Crippen LogP contribution in [-0.4, -0.2) is 28.6 Å². The van der Waals surface area contributed by atoms with E-state index < -0.39 is 5.97 Å². The number of aryl methyl sites for hydroxylation is 1. The van der Waals surface area contributed by atoms with Gasteiger partial charge in [-0.15, -0.1) is 0 Å². The first-order valence-electron chi connectivity index (χ1n) is 6.63. The number of carbonyl (C=O) groups is 1. The summed E-state index contributed by atoms with van der Waals surface area (Å²) in [5, 5.41) is 9.39. The van der Waals surface area contributed by atoms with E-state index in [0.717, 1.165) is 25.9 Å². The third-order valence-electron chi connectivity index (χ3n) is 3.66. The molecule has 0 spiro atoms.